The van der Waals surface area contributed by atoms with E-state index in [1.54, 1.807) is 0 Å². The topological polar surface area (TPSA) is 77.2 Å². The predicted molar refractivity (Wildman–Crippen MR) is 102 cm³/mol. The molecule has 1 N–H and O–H groups in total. The Balaban J connectivity index is 1.86. The van der Waals surface area contributed by atoms with Gasteiger partial charge in [-0.25, -0.2) is 4.39 Å². The Hall–Kier alpha value is -3.43. The Bertz CT molecular complexity index is 1050. The van der Waals surface area contributed by atoms with Crippen molar-refractivity contribution in [3.05, 3.63) is 65.3 Å². The summed E-state index contributed by atoms with van der Waals surface area (Å²) in [4.78, 5) is 11.6. The van der Waals surface area contributed by atoms with Crippen LogP contribution in [0.2, 0.25) is 0 Å². The van der Waals surface area contributed by atoms with Gasteiger partial charge in [0.2, 0.25) is 17.7 Å². The molecule has 3 rings (SSSR count). The molecular formula is C21H19F4N3O3. The molecule has 0 fully saturated rings. The molecule has 6 nitrogen and oxygen atoms in total. The van der Waals surface area contributed by atoms with Crippen LogP contribution in [-0.4, -0.2) is 22.5 Å². The van der Waals surface area contributed by atoms with Crippen LogP contribution < -0.4 is 10.1 Å². The average molecular weight is 437 g/mol. The highest BCUT2D eigenvalue weighted by molar-refractivity contribution is 5.73. The highest BCUT2D eigenvalue weighted by Crippen LogP contribution is 2.31. The predicted octanol–water partition coefficient (Wildman–Crippen LogP) is 4.76. The number of aromatic nitrogens is 2. The number of hydrogen-bond acceptors (Lipinski definition) is 5. The molecule has 0 spiro atoms. The molecule has 0 saturated carbocycles. The first-order valence-corrected chi connectivity index (χ1v) is 9.38. The minimum absolute atomic E-state index is 0.0354. The van der Waals surface area contributed by atoms with Crippen LogP contribution in [0.15, 0.2) is 46.9 Å². The molecule has 31 heavy (non-hydrogen) atoms. The van der Waals surface area contributed by atoms with E-state index in [4.69, 9.17) is 4.42 Å². The second-order valence-electron chi connectivity index (χ2n) is 6.77. The molecule has 0 aliphatic heterocycles. The standard InChI is InChI=1S/C21H19F4N3O3/c1-3-13-4-6-14(7-5-13)10-17(26-12(2)29)20-28-27-19(30-20)15-8-9-16(22)18(11-15)31-21(23,24)25/h4-9,11,17H,3,10H2,1-2H3,(H,26,29). The summed E-state index contributed by atoms with van der Waals surface area (Å²) >= 11 is 0. The first-order valence-electron chi connectivity index (χ1n) is 9.38. The van der Waals surface area contributed by atoms with Gasteiger partial charge in [-0.3, -0.25) is 4.79 Å². The van der Waals surface area contributed by atoms with Crippen LogP contribution in [0.3, 0.4) is 0 Å². The summed E-state index contributed by atoms with van der Waals surface area (Å²) in [7, 11) is 0. The molecule has 0 aliphatic rings. The molecule has 10 heteroatoms. The van der Waals surface area contributed by atoms with E-state index in [-0.39, 0.29) is 23.3 Å². The fraction of sp³-hybridized carbons (Fsp3) is 0.286. The lowest BCUT2D eigenvalue weighted by Gasteiger charge is -2.14. The van der Waals surface area contributed by atoms with Crippen LogP contribution in [0.1, 0.15) is 36.9 Å². The van der Waals surface area contributed by atoms with E-state index < -0.39 is 24.0 Å². The van der Waals surface area contributed by atoms with Crippen LogP contribution in [0.5, 0.6) is 5.75 Å². The number of nitrogens with zero attached hydrogens (tertiary/aromatic N) is 2. The van der Waals surface area contributed by atoms with Gasteiger partial charge in [0.25, 0.3) is 0 Å². The smallest absolute Gasteiger partial charge is 0.418 e. The number of ether oxygens (including phenoxy) is 1. The van der Waals surface area contributed by atoms with Crippen LogP contribution in [0.4, 0.5) is 17.6 Å². The number of hydrogen-bond donors (Lipinski definition) is 1. The Morgan fingerprint density at radius 2 is 1.81 bits per heavy atom. The number of carbonyl (C=O) groups excluding carboxylic acids is 1. The quantitative estimate of drug-likeness (QED) is 0.540. The van der Waals surface area contributed by atoms with Crippen LogP contribution in [0.25, 0.3) is 11.5 Å². The third-order valence-corrected chi connectivity index (χ3v) is 4.39. The summed E-state index contributed by atoms with van der Waals surface area (Å²) in [5, 5.41) is 10.5. The number of amides is 1. The zero-order chi connectivity index (χ0) is 22.6. The summed E-state index contributed by atoms with van der Waals surface area (Å²) in [6.45, 7) is 3.38. The maximum atomic E-state index is 13.6. The summed E-state index contributed by atoms with van der Waals surface area (Å²) in [5.74, 6) is -2.60. The van der Waals surface area contributed by atoms with Crippen molar-refractivity contribution in [2.24, 2.45) is 0 Å². The van der Waals surface area contributed by atoms with Crippen molar-refractivity contribution in [1.82, 2.24) is 15.5 Å². The molecule has 1 amide bonds. The molecule has 2 aromatic carbocycles. The van der Waals surface area contributed by atoms with Crippen molar-refractivity contribution in [2.75, 3.05) is 0 Å². The highest BCUT2D eigenvalue weighted by Gasteiger charge is 2.32. The van der Waals surface area contributed by atoms with E-state index in [1.807, 2.05) is 31.2 Å². The third kappa shape index (κ3) is 6.03. The average Bonchev–Trinajstić information content (AvgIpc) is 3.18. The SMILES string of the molecule is CCc1ccc(CC(NC(C)=O)c2nnc(-c3ccc(F)c(OC(F)(F)F)c3)o2)cc1. The number of halogens is 4. The minimum Gasteiger partial charge on any atom is -0.418 e. The van der Waals surface area contributed by atoms with E-state index in [2.05, 4.69) is 20.3 Å². The fourth-order valence-corrected chi connectivity index (χ4v) is 2.92. The molecule has 1 atom stereocenters. The van der Waals surface area contributed by atoms with Gasteiger partial charge in [0, 0.05) is 18.9 Å². The maximum Gasteiger partial charge on any atom is 0.573 e. The monoisotopic (exact) mass is 437 g/mol. The normalized spacial score (nSPS) is 12.5. The zero-order valence-corrected chi connectivity index (χ0v) is 16.7. The summed E-state index contributed by atoms with van der Waals surface area (Å²) < 4.78 is 60.3. The molecule has 0 bridgehead atoms. The Labute approximate surface area is 175 Å². The molecule has 1 unspecified atom stereocenters. The Morgan fingerprint density at radius 3 is 2.42 bits per heavy atom. The van der Waals surface area contributed by atoms with Crippen molar-refractivity contribution in [1.29, 1.82) is 0 Å². The van der Waals surface area contributed by atoms with Crippen LogP contribution in [0, 0.1) is 5.82 Å². The summed E-state index contributed by atoms with van der Waals surface area (Å²) in [6.07, 6.45) is -3.81. The molecule has 0 aliphatic carbocycles. The Kier molecular flexibility index (Phi) is 6.57. The van der Waals surface area contributed by atoms with Gasteiger partial charge in [-0.1, -0.05) is 31.2 Å². The summed E-state index contributed by atoms with van der Waals surface area (Å²) in [5.41, 5.74) is 2.11. The van der Waals surface area contributed by atoms with Crippen molar-refractivity contribution >= 4 is 5.91 Å². The van der Waals surface area contributed by atoms with Gasteiger partial charge >= 0.3 is 6.36 Å². The van der Waals surface area contributed by atoms with Gasteiger partial charge in [0.15, 0.2) is 11.6 Å². The van der Waals surface area contributed by atoms with E-state index in [0.29, 0.717) is 6.42 Å². The van der Waals surface area contributed by atoms with Crippen molar-refractivity contribution in [2.45, 2.75) is 39.1 Å². The number of alkyl halides is 3. The van der Waals surface area contributed by atoms with Gasteiger partial charge in [0.05, 0.1) is 0 Å². The van der Waals surface area contributed by atoms with Crippen LogP contribution in [-0.2, 0) is 17.6 Å². The van der Waals surface area contributed by atoms with Crippen LogP contribution >= 0.6 is 0 Å². The number of nitrogens with one attached hydrogen (secondary N) is 1. The first kappa shape index (κ1) is 22.3. The number of benzene rings is 2. The lowest BCUT2D eigenvalue weighted by Crippen LogP contribution is -2.28. The van der Waals surface area contributed by atoms with Gasteiger partial charge < -0.3 is 14.5 Å². The van der Waals surface area contributed by atoms with E-state index in [9.17, 15) is 22.4 Å². The number of aryl methyl sites for hydroxylation is 1. The molecular weight excluding hydrogens is 418 g/mol. The number of carbonyl (C=O) groups is 1. The third-order valence-electron chi connectivity index (χ3n) is 4.39. The molecule has 1 heterocycles. The molecule has 0 radical (unpaired) electrons. The van der Waals surface area contributed by atoms with Crippen molar-refractivity contribution in [3.63, 3.8) is 0 Å². The fourth-order valence-electron chi connectivity index (χ4n) is 2.92. The van der Waals surface area contributed by atoms with Crippen molar-refractivity contribution in [3.8, 4) is 17.2 Å². The lowest BCUT2D eigenvalue weighted by molar-refractivity contribution is -0.275. The largest absolute Gasteiger partial charge is 0.573 e. The second kappa shape index (κ2) is 9.15. The molecule has 3 aromatic rings. The molecule has 0 saturated heterocycles. The van der Waals surface area contributed by atoms with Gasteiger partial charge in [-0.05, 0) is 35.7 Å². The summed E-state index contributed by atoms with van der Waals surface area (Å²) in [6, 6.07) is 9.94. The minimum atomic E-state index is -5.05. The Morgan fingerprint density at radius 1 is 1.13 bits per heavy atom. The molecule has 1 aromatic heterocycles. The van der Waals surface area contributed by atoms with Gasteiger partial charge in [0.1, 0.15) is 6.04 Å². The van der Waals surface area contributed by atoms with Crippen molar-refractivity contribution < 1.29 is 31.5 Å². The van der Waals surface area contributed by atoms with E-state index in [0.717, 1.165) is 29.7 Å². The van der Waals surface area contributed by atoms with E-state index in [1.165, 1.54) is 13.0 Å². The molecule has 164 valence electrons. The lowest BCUT2D eigenvalue weighted by atomic mass is 10.0. The zero-order valence-electron chi connectivity index (χ0n) is 16.7. The maximum absolute atomic E-state index is 13.6. The van der Waals surface area contributed by atoms with Gasteiger partial charge in [-0.15, -0.1) is 23.4 Å². The van der Waals surface area contributed by atoms with E-state index >= 15 is 0 Å². The second-order valence-corrected chi connectivity index (χ2v) is 6.77. The number of rotatable bonds is 7. The first-order chi connectivity index (χ1) is 14.6. The highest BCUT2D eigenvalue weighted by atomic mass is 19.4. The van der Waals surface area contributed by atoms with Gasteiger partial charge in [-0.2, -0.15) is 0 Å².